The maximum absolute atomic E-state index is 14.0. The summed E-state index contributed by atoms with van der Waals surface area (Å²) < 4.78 is 165. The zero-order valence-corrected chi connectivity index (χ0v) is 40.4. The van der Waals surface area contributed by atoms with Crippen molar-refractivity contribution in [3.8, 4) is 23.0 Å². The number of unbranched alkanes of at least 4 members (excludes halogenated alkanes) is 2. The Morgan fingerprint density at radius 3 is 1.41 bits per heavy atom. The lowest BCUT2D eigenvalue weighted by Crippen LogP contribution is -2.39. The Labute approximate surface area is 418 Å². The Balaban J connectivity index is 1.33. The minimum atomic E-state index is -6.28. The molecule has 2 amide bonds. The summed E-state index contributed by atoms with van der Waals surface area (Å²) in [4.78, 5) is 76.1. The van der Waals surface area contributed by atoms with Gasteiger partial charge in [0.25, 0.3) is 23.2 Å². The highest BCUT2D eigenvalue weighted by molar-refractivity contribution is 7.88. The molecular weight excluding hydrogens is 1080 g/mol. The van der Waals surface area contributed by atoms with Gasteiger partial charge in [-0.15, -0.1) is 0 Å². The van der Waals surface area contributed by atoms with E-state index in [-0.39, 0.29) is 62.1 Å². The molecule has 402 valence electrons. The third-order valence-corrected chi connectivity index (χ3v) is 12.5. The fourth-order valence-corrected chi connectivity index (χ4v) is 7.83. The molecule has 0 spiro atoms. The zero-order valence-electron chi connectivity index (χ0n) is 38.0. The third-order valence-electron chi connectivity index (χ3n) is 10.3. The van der Waals surface area contributed by atoms with Crippen LogP contribution in [-0.4, -0.2) is 118 Å². The lowest BCUT2D eigenvalue weighted by molar-refractivity contribution is -0.385. The van der Waals surface area contributed by atoms with Gasteiger partial charge in [0.1, 0.15) is 41.3 Å². The smallest absolute Gasteiger partial charge is 0.493 e. The number of carbonyl (C=O) groups is 4. The van der Waals surface area contributed by atoms with Crippen LogP contribution in [0.25, 0.3) is 0 Å². The van der Waals surface area contributed by atoms with Crippen molar-refractivity contribution in [2.24, 2.45) is 0 Å². The molecule has 24 nitrogen and oxygen atoms in total. The summed E-state index contributed by atoms with van der Waals surface area (Å²) in [6, 6.07) is 5.74. The number of esters is 2. The number of halogens is 7. The Bertz CT molecular complexity index is 2990. The number of hydrogen-bond donors (Lipinski definition) is 0. The molecule has 0 bridgehead atoms. The Kier molecular flexibility index (Phi) is 17.9. The van der Waals surface area contributed by atoms with Crippen molar-refractivity contribution < 1.29 is 109 Å². The molecule has 2 heterocycles. The summed E-state index contributed by atoms with van der Waals surface area (Å²) in [6.07, 6.45) is -0.368. The van der Waals surface area contributed by atoms with Gasteiger partial charge in [-0.1, -0.05) is 23.7 Å². The molecule has 0 aliphatic carbocycles. The van der Waals surface area contributed by atoms with Crippen molar-refractivity contribution in [3.05, 3.63) is 114 Å². The molecule has 3 aromatic carbocycles. The number of nitro benzene ring substituents is 2. The first-order chi connectivity index (χ1) is 34.5. The van der Waals surface area contributed by atoms with Gasteiger partial charge in [-0.05, 0) is 37.0 Å². The minimum Gasteiger partial charge on any atom is -0.493 e. The number of benzene rings is 3. The van der Waals surface area contributed by atoms with Crippen LogP contribution in [-0.2, 0) is 54.3 Å². The summed E-state index contributed by atoms with van der Waals surface area (Å²) in [5.41, 5.74) is -14.8. The Hall–Kier alpha value is -7.61. The zero-order chi connectivity index (χ0) is 55.1. The van der Waals surface area contributed by atoms with Crippen LogP contribution in [0.5, 0.6) is 23.0 Å². The quantitative estimate of drug-likeness (QED) is 0.0195. The summed E-state index contributed by atoms with van der Waals surface area (Å²) in [7, 11) is -9.75. The average Bonchev–Trinajstić information content (AvgIpc) is 3.95. The van der Waals surface area contributed by atoms with Crippen molar-refractivity contribution in [2.45, 2.75) is 61.8 Å². The maximum Gasteiger partial charge on any atom is 0.534 e. The van der Waals surface area contributed by atoms with Crippen LogP contribution in [0.2, 0.25) is 5.02 Å². The van der Waals surface area contributed by atoms with Crippen molar-refractivity contribution in [1.82, 2.24) is 9.80 Å². The predicted octanol–water partition coefficient (Wildman–Crippen LogP) is 6.56. The number of rotatable bonds is 22. The Morgan fingerprint density at radius 1 is 0.635 bits per heavy atom. The topological polar surface area (TPSA) is 303 Å². The number of nitrogens with zero attached hydrogens (tertiary/aromatic N) is 4. The van der Waals surface area contributed by atoms with Crippen molar-refractivity contribution in [2.75, 3.05) is 34.5 Å². The summed E-state index contributed by atoms with van der Waals surface area (Å²) in [5, 5.41) is 24.9. The van der Waals surface area contributed by atoms with Gasteiger partial charge in [-0.25, -0.2) is 9.59 Å². The number of methoxy groups -OCH3 is 3. The monoisotopic (exact) mass is 1120 g/mol. The molecule has 74 heavy (non-hydrogen) atoms. The maximum atomic E-state index is 14.0. The lowest BCUT2D eigenvalue weighted by Gasteiger charge is -2.22. The molecule has 0 fully saturated rings. The average molecular weight is 1120 g/mol. The minimum absolute atomic E-state index is 0.170. The molecule has 2 aliphatic rings. The van der Waals surface area contributed by atoms with Gasteiger partial charge in [0, 0.05) is 42.4 Å². The molecule has 2 atom stereocenters. The van der Waals surface area contributed by atoms with Crippen LogP contribution >= 0.6 is 11.6 Å². The highest BCUT2D eigenvalue weighted by atomic mass is 35.5. The molecule has 0 unspecified atom stereocenters. The van der Waals surface area contributed by atoms with Crippen LogP contribution in [0.3, 0.4) is 0 Å². The largest absolute Gasteiger partial charge is 0.534 e. The molecule has 33 heteroatoms. The van der Waals surface area contributed by atoms with Crippen molar-refractivity contribution >= 4 is 67.0 Å². The number of hydrogen-bond acceptors (Lipinski definition) is 20. The van der Waals surface area contributed by atoms with E-state index < -0.39 is 124 Å². The highest BCUT2D eigenvalue weighted by Gasteiger charge is 2.52. The fraction of sp³-hybridized carbons (Fsp3) is 0.366. The summed E-state index contributed by atoms with van der Waals surface area (Å²) in [5.74, 6) is -8.50. The number of nitro groups is 2. The van der Waals surface area contributed by atoms with Crippen molar-refractivity contribution in [1.29, 1.82) is 0 Å². The third kappa shape index (κ3) is 13.3. The first-order valence-electron chi connectivity index (χ1n) is 20.6. The second-order valence-electron chi connectivity index (χ2n) is 15.1. The standard InChI is InChI=1S/C41H37ClF6N4O20S2/c1-65-32-15-26(36(53)49-19-24(13-30(49)38(55)66-2)71-73(61,62)40(43,44)45)28(51(57)58)17-34(32)68-11-5-4-6-12-69-35-18-29(52(59)60)27(16-33(35)70-21-22-7-9-23(42)10-8-22)37(54)50-20-25(14-31(50)39(56)67-3)72-74(63,64)41(46,47)48/h7-10,15-20,30-31H,4-6,11-14,21H2,1-3H3/t30-,31-/m0/s1. The van der Waals surface area contributed by atoms with Crippen LogP contribution < -0.4 is 18.9 Å². The van der Waals surface area contributed by atoms with E-state index in [1.54, 1.807) is 12.1 Å². The molecule has 0 saturated heterocycles. The molecule has 0 aromatic heterocycles. The first kappa shape index (κ1) is 57.3. The molecule has 5 rings (SSSR count). The van der Waals surface area contributed by atoms with Gasteiger partial charge in [-0.2, -0.15) is 43.2 Å². The molecule has 0 saturated carbocycles. The van der Waals surface area contributed by atoms with E-state index in [1.807, 2.05) is 0 Å². The van der Waals surface area contributed by atoms with E-state index in [2.05, 4.69) is 17.8 Å². The van der Waals surface area contributed by atoms with Crippen LogP contribution in [0, 0.1) is 20.2 Å². The van der Waals surface area contributed by atoms with Gasteiger partial charge in [0.15, 0.2) is 23.0 Å². The van der Waals surface area contributed by atoms with Crippen LogP contribution in [0.4, 0.5) is 37.7 Å². The number of ether oxygens (including phenoxy) is 6. The lowest BCUT2D eigenvalue weighted by atomic mass is 10.1. The summed E-state index contributed by atoms with van der Waals surface area (Å²) in [6.45, 7) is -0.641. The molecule has 3 aromatic rings. The Morgan fingerprint density at radius 2 is 1.03 bits per heavy atom. The van der Waals surface area contributed by atoms with Gasteiger partial charge >= 0.3 is 43.2 Å². The second-order valence-corrected chi connectivity index (χ2v) is 18.6. The summed E-state index contributed by atoms with van der Waals surface area (Å²) >= 11 is 5.97. The molecule has 2 aliphatic heterocycles. The van der Waals surface area contributed by atoms with Crippen molar-refractivity contribution in [3.63, 3.8) is 0 Å². The van der Waals surface area contributed by atoms with Gasteiger partial charge < -0.3 is 36.8 Å². The first-order valence-corrected chi connectivity index (χ1v) is 23.8. The SMILES string of the molecule is COC(=O)[C@@H]1CC(OS(=O)(=O)C(F)(F)F)=CN1C(=O)c1cc(OC)c(OCCCCCOc2cc([N+](=O)[O-])c(C(=O)N3C=C(OS(=O)(=O)C(F)(F)F)C[C@H]3C(=O)OC)cc2OCc2ccc(Cl)cc2)cc1[N+](=O)[O-]. The number of amides is 2. The van der Waals surface area contributed by atoms with E-state index in [0.29, 0.717) is 32.8 Å². The molecule has 0 N–H and O–H groups in total. The number of alkyl halides is 6. The number of carbonyl (C=O) groups excluding carboxylic acids is 4. The molecule has 0 radical (unpaired) electrons. The normalized spacial score (nSPS) is 15.9. The van der Waals surface area contributed by atoms with Gasteiger partial charge in [0.2, 0.25) is 0 Å². The van der Waals surface area contributed by atoms with E-state index in [0.717, 1.165) is 45.6 Å². The van der Waals surface area contributed by atoms with E-state index in [4.69, 9.17) is 30.5 Å². The second kappa shape index (κ2) is 23.1. The van der Waals surface area contributed by atoms with Gasteiger partial charge in [-0.3, -0.25) is 39.6 Å². The van der Waals surface area contributed by atoms with E-state index in [9.17, 15) is 82.6 Å². The van der Waals surface area contributed by atoms with E-state index in [1.165, 1.54) is 12.1 Å². The fourth-order valence-electron chi connectivity index (χ4n) is 6.73. The van der Waals surface area contributed by atoms with Crippen LogP contribution in [0.1, 0.15) is 58.4 Å². The van der Waals surface area contributed by atoms with Crippen LogP contribution in [0.15, 0.2) is 72.4 Å². The highest BCUT2D eigenvalue weighted by Crippen LogP contribution is 2.41. The van der Waals surface area contributed by atoms with E-state index >= 15 is 0 Å². The molecular formula is C41H37ClF6N4O20S2. The predicted molar refractivity (Wildman–Crippen MR) is 235 cm³/mol. The van der Waals surface area contributed by atoms with Gasteiger partial charge in [0.05, 0.1) is 56.5 Å².